The summed E-state index contributed by atoms with van der Waals surface area (Å²) in [6.07, 6.45) is 0. The van der Waals surface area contributed by atoms with Gasteiger partial charge in [-0.05, 0) is 12.1 Å². The zero-order chi connectivity index (χ0) is 17.9. The van der Waals surface area contributed by atoms with E-state index in [9.17, 15) is 19.2 Å². The summed E-state index contributed by atoms with van der Waals surface area (Å²) < 4.78 is 5.87. The van der Waals surface area contributed by atoms with Crippen LogP contribution in [0.25, 0.3) is 0 Å². The zero-order valence-electron chi connectivity index (χ0n) is 13.1. The molecule has 0 unspecified atom stereocenters. The first-order chi connectivity index (χ1) is 11.4. The first-order valence-electron chi connectivity index (χ1n) is 6.92. The molecular weight excluding hydrogens is 316 g/mol. The molecule has 0 fully saturated rings. The van der Waals surface area contributed by atoms with Crippen molar-refractivity contribution in [1.82, 2.24) is 9.55 Å². The van der Waals surface area contributed by atoms with Gasteiger partial charge in [-0.2, -0.15) is 0 Å². The van der Waals surface area contributed by atoms with Gasteiger partial charge >= 0.3 is 11.7 Å². The molecule has 0 amide bonds. The lowest BCUT2D eigenvalue weighted by molar-refractivity contribution is 0.0475. The van der Waals surface area contributed by atoms with E-state index in [4.69, 9.17) is 10.5 Å². The molecular formula is C15H16N4O5. The standard InChI is InChI=1S/C15H16N4O5/c1-17-9-6-4-3-5-8(9)14(22)24-7-10(20)11-12(16)19(2)15(23)18-13(11)21/h3-6,17H,7,16H2,1-2H3,(H,18,21,23). The second kappa shape index (κ2) is 6.82. The minimum atomic E-state index is -0.924. The summed E-state index contributed by atoms with van der Waals surface area (Å²) in [5.74, 6) is -1.83. The van der Waals surface area contributed by atoms with Crippen molar-refractivity contribution in [3.8, 4) is 0 Å². The van der Waals surface area contributed by atoms with Crippen molar-refractivity contribution in [3.05, 3.63) is 56.2 Å². The van der Waals surface area contributed by atoms with Crippen LogP contribution in [0.4, 0.5) is 11.5 Å². The highest BCUT2D eigenvalue weighted by atomic mass is 16.5. The SMILES string of the molecule is CNc1ccccc1C(=O)OCC(=O)c1c(N)n(C)c(=O)[nH]c1=O. The van der Waals surface area contributed by atoms with E-state index < -0.39 is 35.2 Å². The first-order valence-corrected chi connectivity index (χ1v) is 6.92. The van der Waals surface area contributed by atoms with Crippen molar-refractivity contribution in [3.63, 3.8) is 0 Å². The van der Waals surface area contributed by atoms with Crippen molar-refractivity contribution in [1.29, 1.82) is 0 Å². The summed E-state index contributed by atoms with van der Waals surface area (Å²) in [4.78, 5) is 49.3. The number of anilines is 2. The van der Waals surface area contributed by atoms with Crippen LogP contribution in [0.5, 0.6) is 0 Å². The fourth-order valence-corrected chi connectivity index (χ4v) is 2.07. The van der Waals surface area contributed by atoms with Crippen molar-refractivity contribution >= 4 is 23.3 Å². The average Bonchev–Trinajstić information content (AvgIpc) is 2.57. The lowest BCUT2D eigenvalue weighted by Gasteiger charge is -2.10. The topological polar surface area (TPSA) is 136 Å². The van der Waals surface area contributed by atoms with Crippen molar-refractivity contribution in [2.24, 2.45) is 7.05 Å². The Balaban J connectivity index is 2.20. The lowest BCUT2D eigenvalue weighted by atomic mass is 10.2. The van der Waals surface area contributed by atoms with Gasteiger partial charge in [0.25, 0.3) is 5.56 Å². The van der Waals surface area contributed by atoms with E-state index >= 15 is 0 Å². The molecule has 126 valence electrons. The monoisotopic (exact) mass is 332 g/mol. The van der Waals surface area contributed by atoms with Gasteiger partial charge in [0.05, 0.1) is 5.56 Å². The van der Waals surface area contributed by atoms with Crippen LogP contribution in [-0.2, 0) is 11.8 Å². The quantitative estimate of drug-likeness (QED) is 0.506. The molecule has 0 aliphatic carbocycles. The first kappa shape index (κ1) is 17.0. The fraction of sp³-hybridized carbons (Fsp3) is 0.200. The average molecular weight is 332 g/mol. The molecule has 1 heterocycles. The Kier molecular flexibility index (Phi) is 4.83. The van der Waals surface area contributed by atoms with E-state index in [-0.39, 0.29) is 11.4 Å². The molecule has 1 aromatic heterocycles. The molecule has 0 saturated heterocycles. The minimum Gasteiger partial charge on any atom is -0.454 e. The summed E-state index contributed by atoms with van der Waals surface area (Å²) in [6, 6.07) is 6.59. The number of aromatic amines is 1. The predicted molar refractivity (Wildman–Crippen MR) is 87.3 cm³/mol. The van der Waals surface area contributed by atoms with Crippen LogP contribution in [0.2, 0.25) is 0 Å². The van der Waals surface area contributed by atoms with E-state index in [1.807, 2.05) is 4.98 Å². The fourth-order valence-electron chi connectivity index (χ4n) is 2.07. The van der Waals surface area contributed by atoms with E-state index in [2.05, 4.69) is 5.32 Å². The van der Waals surface area contributed by atoms with Crippen LogP contribution >= 0.6 is 0 Å². The number of nitrogen functional groups attached to an aromatic ring is 1. The third-order valence-corrected chi connectivity index (χ3v) is 3.40. The molecule has 0 saturated carbocycles. The molecule has 2 aromatic rings. The number of aromatic nitrogens is 2. The van der Waals surface area contributed by atoms with Crippen LogP contribution in [0, 0.1) is 0 Å². The molecule has 2 rings (SSSR count). The number of carbonyl (C=O) groups is 2. The number of hydrogen-bond donors (Lipinski definition) is 3. The Bertz CT molecular complexity index is 913. The summed E-state index contributed by atoms with van der Waals surface area (Å²) in [7, 11) is 2.95. The highest BCUT2D eigenvalue weighted by Gasteiger charge is 2.20. The van der Waals surface area contributed by atoms with Gasteiger partial charge in [-0.1, -0.05) is 12.1 Å². The highest BCUT2D eigenvalue weighted by Crippen LogP contribution is 2.15. The van der Waals surface area contributed by atoms with Crippen LogP contribution in [-0.4, -0.2) is 35.0 Å². The van der Waals surface area contributed by atoms with Crippen LogP contribution < -0.4 is 22.3 Å². The van der Waals surface area contributed by atoms with Crippen molar-refractivity contribution in [2.45, 2.75) is 0 Å². The summed E-state index contributed by atoms with van der Waals surface area (Å²) in [5.41, 5.74) is 4.31. The smallest absolute Gasteiger partial charge is 0.340 e. The number of Topliss-reactive ketones (excluding diaryl/α,β-unsaturated/α-hetero) is 1. The van der Waals surface area contributed by atoms with Crippen LogP contribution in [0.3, 0.4) is 0 Å². The molecule has 24 heavy (non-hydrogen) atoms. The predicted octanol–water partition coefficient (Wildman–Crippen LogP) is -0.263. The number of H-pyrrole nitrogens is 1. The number of esters is 1. The molecule has 1 aromatic carbocycles. The lowest BCUT2D eigenvalue weighted by Crippen LogP contribution is -2.35. The van der Waals surface area contributed by atoms with E-state index in [1.54, 1.807) is 25.2 Å². The van der Waals surface area contributed by atoms with E-state index in [0.29, 0.717) is 5.69 Å². The summed E-state index contributed by atoms with van der Waals surface area (Å²) >= 11 is 0. The largest absolute Gasteiger partial charge is 0.454 e. The maximum absolute atomic E-state index is 12.1. The van der Waals surface area contributed by atoms with Crippen molar-refractivity contribution < 1.29 is 14.3 Å². The molecule has 9 heteroatoms. The van der Waals surface area contributed by atoms with E-state index in [0.717, 1.165) is 4.57 Å². The maximum Gasteiger partial charge on any atom is 0.340 e. The number of nitrogens with two attached hydrogens (primary N) is 1. The molecule has 9 nitrogen and oxygen atoms in total. The van der Waals surface area contributed by atoms with Gasteiger partial charge in [0, 0.05) is 19.8 Å². The normalized spacial score (nSPS) is 10.2. The number of para-hydroxylation sites is 1. The molecule has 0 radical (unpaired) electrons. The highest BCUT2D eigenvalue weighted by molar-refractivity contribution is 6.03. The number of ketones is 1. The molecule has 0 atom stereocenters. The molecule has 0 spiro atoms. The van der Waals surface area contributed by atoms with Crippen LogP contribution in [0.15, 0.2) is 33.9 Å². The maximum atomic E-state index is 12.1. The number of nitrogens with one attached hydrogen (secondary N) is 2. The second-order valence-electron chi connectivity index (χ2n) is 4.87. The molecule has 0 aliphatic heterocycles. The number of benzene rings is 1. The van der Waals surface area contributed by atoms with Gasteiger partial charge in [0.1, 0.15) is 11.4 Å². The summed E-state index contributed by atoms with van der Waals surface area (Å²) in [5, 5.41) is 2.83. The Morgan fingerprint density at radius 2 is 1.96 bits per heavy atom. The Hall–Kier alpha value is -3.36. The number of hydrogen-bond acceptors (Lipinski definition) is 7. The number of rotatable bonds is 5. The van der Waals surface area contributed by atoms with Crippen molar-refractivity contribution in [2.75, 3.05) is 24.7 Å². The van der Waals surface area contributed by atoms with Gasteiger partial charge in [0.15, 0.2) is 6.61 Å². The third-order valence-electron chi connectivity index (χ3n) is 3.40. The number of nitrogens with zero attached hydrogens (tertiary/aromatic N) is 1. The molecule has 4 N–H and O–H groups in total. The van der Waals surface area contributed by atoms with Gasteiger partial charge in [-0.15, -0.1) is 0 Å². The number of carbonyl (C=O) groups excluding carboxylic acids is 2. The third kappa shape index (κ3) is 3.19. The zero-order valence-corrected chi connectivity index (χ0v) is 13.1. The van der Waals surface area contributed by atoms with Gasteiger partial charge in [0.2, 0.25) is 5.78 Å². The Labute approximate surface area is 136 Å². The Morgan fingerprint density at radius 1 is 1.29 bits per heavy atom. The second-order valence-corrected chi connectivity index (χ2v) is 4.87. The molecule has 0 bridgehead atoms. The van der Waals surface area contributed by atoms with Gasteiger partial charge in [-0.25, -0.2) is 9.59 Å². The summed E-state index contributed by atoms with van der Waals surface area (Å²) in [6.45, 7) is -0.678. The van der Waals surface area contributed by atoms with E-state index in [1.165, 1.54) is 13.1 Å². The Morgan fingerprint density at radius 3 is 2.62 bits per heavy atom. The van der Waals surface area contributed by atoms with Gasteiger partial charge < -0.3 is 15.8 Å². The number of ether oxygens (including phenoxy) is 1. The molecule has 0 aliphatic rings. The minimum absolute atomic E-state index is 0.246. The van der Waals surface area contributed by atoms with Crippen LogP contribution in [0.1, 0.15) is 20.7 Å². The van der Waals surface area contributed by atoms with Gasteiger partial charge in [-0.3, -0.25) is 19.1 Å².